The van der Waals surface area contributed by atoms with Crippen LogP contribution >= 0.6 is 74.0 Å². The number of benzene rings is 2. The summed E-state index contributed by atoms with van der Waals surface area (Å²) < 4.78 is 2.97. The van der Waals surface area contributed by atoms with E-state index in [0.29, 0.717) is 25.9 Å². The van der Waals surface area contributed by atoms with Crippen molar-refractivity contribution in [2.45, 2.75) is 15.2 Å². The molecule has 0 unspecified atom stereocenters. The fourth-order valence-corrected chi connectivity index (χ4v) is 5.78. The lowest BCUT2D eigenvalue weighted by Crippen LogP contribution is -2.16. The number of carbonyl (C=O) groups is 1. The lowest BCUT2D eigenvalue weighted by molar-refractivity contribution is -0.113. The summed E-state index contributed by atoms with van der Waals surface area (Å²) in [4.78, 5) is 12.4. The second kappa shape index (κ2) is 12.7. The first-order chi connectivity index (χ1) is 17.4. The molecule has 1 amide bonds. The van der Waals surface area contributed by atoms with Crippen LogP contribution in [0.4, 0.5) is 11.1 Å². The van der Waals surface area contributed by atoms with Crippen LogP contribution < -0.4 is 16.6 Å². The molecule has 0 spiro atoms. The van der Waals surface area contributed by atoms with Gasteiger partial charge in [-0.2, -0.15) is 5.10 Å². The third kappa shape index (κ3) is 7.33. The number of nitrogens with two attached hydrogens (primary N) is 1. The SMILES string of the molecule is Nn1c(N/N=C/c2cccc(Cl)c2Cl)nnc1SCC(=O)Nc1nnc(SCc2cccc(Br)c2)s1. The van der Waals surface area contributed by atoms with Gasteiger partial charge in [-0.1, -0.05) is 98.3 Å². The van der Waals surface area contributed by atoms with Crippen molar-refractivity contribution in [1.29, 1.82) is 0 Å². The smallest absolute Gasteiger partial charge is 0.264 e. The number of hydrogen-bond acceptors (Lipinski definition) is 11. The van der Waals surface area contributed by atoms with Crippen molar-refractivity contribution in [1.82, 2.24) is 25.1 Å². The average Bonchev–Trinajstić information content (AvgIpc) is 3.45. The molecule has 4 rings (SSSR count). The summed E-state index contributed by atoms with van der Waals surface area (Å²) in [6, 6.07) is 13.2. The lowest BCUT2D eigenvalue weighted by atomic mass is 10.2. The Bertz CT molecular complexity index is 1400. The zero-order chi connectivity index (χ0) is 25.5. The number of halogens is 3. The highest BCUT2D eigenvalue weighted by molar-refractivity contribution is 9.10. The fraction of sp³-hybridized carbons (Fsp3) is 0.100. The second-order valence-corrected chi connectivity index (χ2v) is 11.7. The first kappa shape index (κ1) is 26.7. The van der Waals surface area contributed by atoms with Crippen LogP contribution in [0.2, 0.25) is 10.0 Å². The molecular weight excluding hydrogens is 629 g/mol. The van der Waals surface area contributed by atoms with E-state index >= 15 is 0 Å². The van der Waals surface area contributed by atoms with E-state index in [1.54, 1.807) is 30.0 Å². The van der Waals surface area contributed by atoms with Gasteiger partial charge in [0.1, 0.15) is 0 Å². The summed E-state index contributed by atoms with van der Waals surface area (Å²) in [5.74, 6) is 6.71. The molecule has 0 saturated carbocycles. The molecule has 0 fully saturated rings. The van der Waals surface area contributed by atoms with Gasteiger partial charge in [-0.15, -0.1) is 20.4 Å². The predicted molar refractivity (Wildman–Crippen MR) is 151 cm³/mol. The molecule has 4 N–H and O–H groups in total. The summed E-state index contributed by atoms with van der Waals surface area (Å²) in [6.07, 6.45) is 1.48. The van der Waals surface area contributed by atoms with E-state index in [1.165, 1.54) is 22.2 Å². The maximum absolute atomic E-state index is 12.4. The van der Waals surface area contributed by atoms with E-state index in [9.17, 15) is 4.79 Å². The molecule has 10 nitrogen and oxygen atoms in total. The van der Waals surface area contributed by atoms with Gasteiger partial charge in [0, 0.05) is 15.8 Å². The molecule has 0 aliphatic rings. The highest BCUT2D eigenvalue weighted by Crippen LogP contribution is 2.29. The summed E-state index contributed by atoms with van der Waals surface area (Å²) in [5.41, 5.74) is 4.46. The molecule has 186 valence electrons. The van der Waals surface area contributed by atoms with Crippen molar-refractivity contribution in [2.75, 3.05) is 22.3 Å². The van der Waals surface area contributed by atoms with Gasteiger partial charge in [0.2, 0.25) is 16.2 Å². The van der Waals surface area contributed by atoms with Crippen molar-refractivity contribution in [2.24, 2.45) is 5.10 Å². The van der Waals surface area contributed by atoms with Crippen LogP contribution in [-0.4, -0.2) is 42.9 Å². The lowest BCUT2D eigenvalue weighted by Gasteiger charge is -2.03. The highest BCUT2D eigenvalue weighted by atomic mass is 79.9. The van der Waals surface area contributed by atoms with E-state index in [0.717, 1.165) is 31.9 Å². The highest BCUT2D eigenvalue weighted by Gasteiger charge is 2.14. The molecule has 0 bridgehead atoms. The van der Waals surface area contributed by atoms with Crippen LogP contribution in [0, 0.1) is 0 Å². The van der Waals surface area contributed by atoms with Gasteiger partial charge in [0.15, 0.2) is 4.34 Å². The van der Waals surface area contributed by atoms with Crippen molar-refractivity contribution in [3.8, 4) is 0 Å². The number of nitrogen functional groups attached to an aromatic ring is 1. The molecular formula is C20H16BrCl2N9OS3. The van der Waals surface area contributed by atoms with Gasteiger partial charge in [-0.3, -0.25) is 10.1 Å². The third-order valence-corrected chi connectivity index (χ3v) is 8.56. The minimum atomic E-state index is -0.272. The summed E-state index contributed by atoms with van der Waals surface area (Å²) in [6.45, 7) is 0. The Morgan fingerprint density at radius 3 is 2.83 bits per heavy atom. The zero-order valence-corrected chi connectivity index (χ0v) is 23.6. The van der Waals surface area contributed by atoms with Gasteiger partial charge >= 0.3 is 0 Å². The van der Waals surface area contributed by atoms with E-state index in [-0.39, 0.29) is 17.6 Å². The zero-order valence-electron chi connectivity index (χ0n) is 18.1. The molecule has 2 aromatic carbocycles. The van der Waals surface area contributed by atoms with Gasteiger partial charge in [0.25, 0.3) is 5.95 Å². The number of aromatic nitrogens is 5. The second-order valence-electron chi connectivity index (χ2n) is 6.82. The molecule has 16 heteroatoms. The number of rotatable bonds is 10. The van der Waals surface area contributed by atoms with Gasteiger partial charge < -0.3 is 5.84 Å². The molecule has 0 radical (unpaired) electrons. The molecule has 0 saturated heterocycles. The van der Waals surface area contributed by atoms with Crippen LogP contribution in [-0.2, 0) is 10.5 Å². The van der Waals surface area contributed by atoms with Crippen molar-refractivity contribution >= 4 is 97.2 Å². The Labute approximate surface area is 236 Å². The number of carbonyl (C=O) groups excluding carboxylic acids is 1. The molecule has 0 aliphatic heterocycles. The molecule has 2 aromatic heterocycles. The van der Waals surface area contributed by atoms with Gasteiger partial charge in [-0.05, 0) is 23.8 Å². The van der Waals surface area contributed by atoms with E-state index in [2.05, 4.69) is 52.2 Å². The number of anilines is 2. The van der Waals surface area contributed by atoms with Crippen molar-refractivity contribution in [3.05, 3.63) is 68.1 Å². The quantitative estimate of drug-likeness (QED) is 0.0683. The molecule has 0 aliphatic carbocycles. The maximum atomic E-state index is 12.4. The normalized spacial score (nSPS) is 11.2. The van der Waals surface area contributed by atoms with Crippen LogP contribution in [0.3, 0.4) is 0 Å². The van der Waals surface area contributed by atoms with Gasteiger partial charge in [0.05, 0.1) is 22.0 Å². The monoisotopic (exact) mass is 643 g/mol. The van der Waals surface area contributed by atoms with Crippen LogP contribution in [0.1, 0.15) is 11.1 Å². The largest absolute Gasteiger partial charge is 0.334 e. The molecule has 36 heavy (non-hydrogen) atoms. The maximum Gasteiger partial charge on any atom is 0.264 e. The molecule has 0 atom stereocenters. The van der Waals surface area contributed by atoms with Gasteiger partial charge in [-0.25, -0.2) is 10.1 Å². The Morgan fingerprint density at radius 2 is 2.00 bits per heavy atom. The molecule has 4 aromatic rings. The minimum absolute atomic E-state index is 0.0524. The third-order valence-electron chi connectivity index (χ3n) is 4.25. The first-order valence-corrected chi connectivity index (χ1v) is 14.3. The summed E-state index contributed by atoms with van der Waals surface area (Å²) in [5, 5.41) is 24.4. The van der Waals surface area contributed by atoms with Crippen LogP contribution in [0.25, 0.3) is 0 Å². The van der Waals surface area contributed by atoms with Crippen LogP contribution in [0.15, 0.2) is 61.5 Å². The minimum Gasteiger partial charge on any atom is -0.334 e. The topological polar surface area (TPSA) is 136 Å². The fourth-order valence-electron chi connectivity index (χ4n) is 2.61. The number of hydrogen-bond donors (Lipinski definition) is 3. The Balaban J connectivity index is 1.25. The van der Waals surface area contributed by atoms with Crippen molar-refractivity contribution in [3.63, 3.8) is 0 Å². The summed E-state index contributed by atoms with van der Waals surface area (Å²) >= 11 is 19.5. The number of nitrogens with zero attached hydrogens (tertiary/aromatic N) is 6. The predicted octanol–water partition coefficient (Wildman–Crippen LogP) is 5.38. The first-order valence-electron chi connectivity index (χ1n) is 9.96. The van der Waals surface area contributed by atoms with E-state index < -0.39 is 0 Å². The standard InChI is InChI=1S/C20H16BrCl2N9OS3/c21-13-5-1-3-11(7-13)9-35-20-31-29-18(36-20)26-15(33)10-34-19-30-28-17(32(19)24)27-25-8-12-4-2-6-14(22)16(12)23/h1-8H,9-10,24H2,(H,27,28)(H,26,29,33)/b25-8+. The molecule has 2 heterocycles. The average molecular weight is 645 g/mol. The van der Waals surface area contributed by atoms with E-state index in [4.69, 9.17) is 29.0 Å². The van der Waals surface area contributed by atoms with Crippen molar-refractivity contribution < 1.29 is 4.79 Å². The Morgan fingerprint density at radius 1 is 1.17 bits per heavy atom. The Hall–Kier alpha value is -2.36. The Kier molecular flexibility index (Phi) is 9.45. The number of hydrazone groups is 1. The number of nitrogens with one attached hydrogen (secondary N) is 2. The van der Waals surface area contributed by atoms with E-state index in [1.807, 2.05) is 24.3 Å². The summed E-state index contributed by atoms with van der Waals surface area (Å²) in [7, 11) is 0. The number of thioether (sulfide) groups is 2. The number of amides is 1. The van der Waals surface area contributed by atoms with Crippen LogP contribution in [0.5, 0.6) is 0 Å².